The van der Waals surface area contributed by atoms with Crippen molar-refractivity contribution in [2.45, 2.75) is 24.3 Å². The quantitative estimate of drug-likeness (QED) is 0.540. The molecule has 0 spiro atoms. The molecule has 0 saturated heterocycles. The average Bonchev–Trinajstić information content (AvgIpc) is 2.62. The maximum absolute atomic E-state index is 14.0. The van der Waals surface area contributed by atoms with E-state index < -0.39 is 17.3 Å². The number of hydrogen-bond acceptors (Lipinski definition) is 5. The summed E-state index contributed by atoms with van der Waals surface area (Å²) < 4.78 is 36.2. The van der Waals surface area contributed by atoms with Crippen molar-refractivity contribution in [1.82, 2.24) is 15.0 Å². The molecule has 0 saturated carbocycles. The predicted molar refractivity (Wildman–Crippen MR) is 92.2 cm³/mol. The predicted octanol–water partition coefficient (Wildman–Crippen LogP) is 4.71. The minimum Gasteiger partial charge on any atom is -0.324 e. The van der Waals surface area contributed by atoms with Gasteiger partial charge in [-0.2, -0.15) is 13.8 Å². The number of hydrogen-bond donors (Lipinski definition) is 1. The van der Waals surface area contributed by atoms with Crippen LogP contribution >= 0.6 is 12.0 Å². The number of nitrogens with zero attached hydrogens (tertiary/aromatic N) is 3. The molecule has 1 N–H and O–H groups in total. The van der Waals surface area contributed by atoms with Crippen LogP contribution in [0.2, 0.25) is 0 Å². The van der Waals surface area contributed by atoms with Gasteiger partial charge in [0.05, 0.1) is 22.6 Å². The maximum Gasteiger partial charge on any atom is 0.224 e. The minimum atomic E-state index is -0.903. The van der Waals surface area contributed by atoms with Crippen LogP contribution in [0.5, 0.6) is 0 Å². The van der Waals surface area contributed by atoms with Gasteiger partial charge in [-0.25, -0.2) is 4.98 Å². The largest absolute Gasteiger partial charge is 0.324 e. The Morgan fingerprint density at radius 1 is 0.880 bits per heavy atom. The first-order chi connectivity index (χ1) is 11.9. The van der Waals surface area contributed by atoms with Crippen molar-refractivity contribution < 1.29 is 13.3 Å². The van der Waals surface area contributed by atoms with E-state index in [1.807, 2.05) is 26.0 Å². The standard InChI is InChI=1S/C18H15F2N3OS/c1-18(2,14-7-4-8-16(22-14)25-24)13-6-3-5-12(21-13)11-9-10-15(19)23-17(11)20/h3-10,24H,1-2H3. The highest BCUT2D eigenvalue weighted by Crippen LogP contribution is 2.31. The summed E-state index contributed by atoms with van der Waals surface area (Å²) in [5.41, 5.74) is 1.30. The van der Waals surface area contributed by atoms with Gasteiger partial charge in [-0.15, -0.1) is 0 Å². The van der Waals surface area contributed by atoms with E-state index in [1.54, 1.807) is 24.3 Å². The molecule has 25 heavy (non-hydrogen) atoms. The molecule has 3 heterocycles. The maximum atomic E-state index is 14.0. The third-order valence-corrected chi connectivity index (χ3v) is 4.35. The van der Waals surface area contributed by atoms with Crippen LogP contribution in [0, 0.1) is 11.9 Å². The summed E-state index contributed by atoms with van der Waals surface area (Å²) >= 11 is 0.573. The van der Waals surface area contributed by atoms with Gasteiger partial charge in [0.1, 0.15) is 5.03 Å². The lowest BCUT2D eigenvalue weighted by molar-refractivity contribution is 0.514. The summed E-state index contributed by atoms with van der Waals surface area (Å²) in [5.74, 6) is -1.78. The molecule has 4 nitrogen and oxygen atoms in total. The Hall–Kier alpha value is -2.38. The smallest absolute Gasteiger partial charge is 0.224 e. The van der Waals surface area contributed by atoms with Crippen LogP contribution in [0.3, 0.4) is 0 Å². The molecule has 0 aliphatic carbocycles. The fourth-order valence-electron chi connectivity index (χ4n) is 2.48. The van der Waals surface area contributed by atoms with Gasteiger partial charge in [0.15, 0.2) is 0 Å². The Kier molecular flexibility index (Phi) is 4.78. The molecular weight excluding hydrogens is 344 g/mol. The van der Waals surface area contributed by atoms with Crippen molar-refractivity contribution in [3.63, 3.8) is 0 Å². The molecule has 0 aromatic carbocycles. The molecule has 3 aromatic heterocycles. The van der Waals surface area contributed by atoms with E-state index in [4.69, 9.17) is 0 Å². The lowest BCUT2D eigenvalue weighted by Crippen LogP contribution is -2.22. The fourth-order valence-corrected chi connectivity index (χ4v) is 2.76. The molecular formula is C18H15F2N3OS. The van der Waals surface area contributed by atoms with E-state index >= 15 is 0 Å². The van der Waals surface area contributed by atoms with Crippen LogP contribution in [0.15, 0.2) is 53.6 Å². The first kappa shape index (κ1) is 17.4. The van der Waals surface area contributed by atoms with Crippen molar-refractivity contribution in [2.75, 3.05) is 0 Å². The molecule has 7 heteroatoms. The monoisotopic (exact) mass is 359 g/mol. The van der Waals surface area contributed by atoms with Gasteiger partial charge in [0.2, 0.25) is 11.9 Å². The SMILES string of the molecule is CC(C)(c1cccc(SO)n1)c1cccc(-c2ccc(F)nc2F)n1. The zero-order valence-corrected chi connectivity index (χ0v) is 14.4. The second-order valence-electron chi connectivity index (χ2n) is 5.96. The second kappa shape index (κ2) is 6.85. The van der Waals surface area contributed by atoms with Crippen molar-refractivity contribution in [2.24, 2.45) is 0 Å². The first-order valence-corrected chi connectivity index (χ1v) is 8.28. The molecule has 0 unspecified atom stereocenters. The Bertz CT molecular complexity index is 918. The summed E-state index contributed by atoms with van der Waals surface area (Å²) in [7, 11) is 0. The topological polar surface area (TPSA) is 58.9 Å². The Balaban J connectivity index is 2.05. The summed E-state index contributed by atoms with van der Waals surface area (Å²) in [6.07, 6.45) is 0. The van der Waals surface area contributed by atoms with Crippen molar-refractivity contribution >= 4 is 12.0 Å². The molecule has 0 fully saturated rings. The zero-order valence-electron chi connectivity index (χ0n) is 13.6. The van der Waals surface area contributed by atoms with Crippen molar-refractivity contribution in [3.05, 3.63) is 71.8 Å². The van der Waals surface area contributed by atoms with E-state index in [1.165, 1.54) is 6.07 Å². The van der Waals surface area contributed by atoms with Gasteiger partial charge in [-0.05, 0) is 50.2 Å². The summed E-state index contributed by atoms with van der Waals surface area (Å²) in [5, 5.41) is 0.482. The first-order valence-electron chi connectivity index (χ1n) is 7.51. The minimum absolute atomic E-state index is 0.131. The van der Waals surface area contributed by atoms with Gasteiger partial charge in [-0.1, -0.05) is 12.1 Å². The van der Waals surface area contributed by atoms with E-state index in [9.17, 15) is 13.3 Å². The Morgan fingerprint density at radius 2 is 1.56 bits per heavy atom. The van der Waals surface area contributed by atoms with Crippen LogP contribution in [-0.2, 0) is 5.41 Å². The highest BCUT2D eigenvalue weighted by atomic mass is 32.2. The Morgan fingerprint density at radius 3 is 2.24 bits per heavy atom. The summed E-state index contributed by atoms with van der Waals surface area (Å²) in [6, 6.07) is 13.0. The van der Waals surface area contributed by atoms with Gasteiger partial charge in [0.25, 0.3) is 0 Å². The van der Waals surface area contributed by atoms with Crippen LogP contribution in [-0.4, -0.2) is 19.5 Å². The highest BCUT2D eigenvalue weighted by molar-refractivity contribution is 7.93. The normalized spacial score (nSPS) is 11.6. The van der Waals surface area contributed by atoms with Crippen molar-refractivity contribution in [3.8, 4) is 11.3 Å². The summed E-state index contributed by atoms with van der Waals surface area (Å²) in [6.45, 7) is 3.87. The van der Waals surface area contributed by atoms with Gasteiger partial charge >= 0.3 is 0 Å². The Labute approximate surface area is 148 Å². The zero-order chi connectivity index (χ0) is 18.0. The molecule has 0 bridgehead atoms. The summed E-state index contributed by atoms with van der Waals surface area (Å²) in [4.78, 5) is 12.1. The van der Waals surface area contributed by atoms with Crippen molar-refractivity contribution in [1.29, 1.82) is 0 Å². The molecule has 0 atom stereocenters. The number of aromatic nitrogens is 3. The van der Waals surface area contributed by atoms with Gasteiger partial charge in [-0.3, -0.25) is 4.98 Å². The molecule has 0 aliphatic rings. The van der Waals surface area contributed by atoms with E-state index in [2.05, 4.69) is 15.0 Å². The highest BCUT2D eigenvalue weighted by Gasteiger charge is 2.27. The van der Waals surface area contributed by atoms with Gasteiger partial charge in [0, 0.05) is 17.5 Å². The number of pyridine rings is 3. The average molecular weight is 359 g/mol. The van der Waals surface area contributed by atoms with Gasteiger partial charge < -0.3 is 4.55 Å². The molecule has 0 aliphatic heterocycles. The molecule has 0 amide bonds. The number of halogens is 2. The molecule has 128 valence electrons. The van der Waals surface area contributed by atoms with Crippen LogP contribution in [0.25, 0.3) is 11.3 Å². The second-order valence-corrected chi connectivity index (χ2v) is 6.56. The third kappa shape index (κ3) is 3.52. The lowest BCUT2D eigenvalue weighted by Gasteiger charge is -2.24. The van der Waals surface area contributed by atoms with Crippen LogP contribution < -0.4 is 0 Å². The molecule has 3 aromatic rings. The van der Waals surface area contributed by atoms with Crippen LogP contribution in [0.1, 0.15) is 25.2 Å². The third-order valence-electron chi connectivity index (χ3n) is 3.94. The lowest BCUT2D eigenvalue weighted by atomic mass is 9.84. The molecule has 3 rings (SSSR count). The van der Waals surface area contributed by atoms with Crippen LogP contribution in [0.4, 0.5) is 8.78 Å². The molecule has 0 radical (unpaired) electrons. The fraction of sp³-hybridized carbons (Fsp3) is 0.167. The van der Waals surface area contributed by atoms with E-state index in [-0.39, 0.29) is 5.56 Å². The van der Waals surface area contributed by atoms with E-state index in [0.29, 0.717) is 34.2 Å². The van der Waals surface area contributed by atoms with E-state index in [0.717, 1.165) is 6.07 Å². The number of rotatable bonds is 4.